The van der Waals surface area contributed by atoms with Crippen molar-refractivity contribution in [3.05, 3.63) is 35.0 Å². The van der Waals surface area contributed by atoms with Crippen molar-refractivity contribution >= 4 is 79.7 Å². The first kappa shape index (κ1) is 15.1. The summed E-state index contributed by atoms with van der Waals surface area (Å²) in [6.45, 7) is 0. The first-order valence-corrected chi connectivity index (χ1v) is 7.39. The molecule has 0 saturated heterocycles. The van der Waals surface area contributed by atoms with Crippen molar-refractivity contribution in [2.45, 2.75) is 0 Å². The molecule has 0 fully saturated rings. The van der Waals surface area contributed by atoms with Gasteiger partial charge in [-0.05, 0) is 86.0 Å². The van der Waals surface area contributed by atoms with E-state index in [1.54, 1.807) is 0 Å². The molecule has 0 aliphatic rings. The molecule has 1 aromatic carbocycles. The van der Waals surface area contributed by atoms with Gasteiger partial charge in [0.05, 0.1) is 13.1 Å². The van der Waals surface area contributed by atoms with Crippen molar-refractivity contribution < 1.29 is 19.4 Å². The van der Waals surface area contributed by atoms with E-state index in [0.717, 1.165) is 16.8 Å². The normalized spacial score (nSPS) is 10.5. The Balaban J connectivity index is 2.89. The lowest BCUT2D eigenvalue weighted by Crippen LogP contribution is -2.19. The number of carbonyl (C=O) groups is 2. The third-order valence-corrected chi connectivity index (χ3v) is 3.75. The molecule has 0 amide bonds. The van der Waals surface area contributed by atoms with Crippen LogP contribution in [0, 0.1) is 10.7 Å². The number of esters is 1. The van der Waals surface area contributed by atoms with Crippen LogP contribution in [0.4, 0.5) is 0 Å². The smallest absolute Gasteiger partial charge is 0.336 e. The molecule has 0 aromatic heterocycles. The lowest BCUT2D eigenvalue weighted by molar-refractivity contribution is -0.297. The van der Waals surface area contributed by atoms with Gasteiger partial charge in [0, 0.05) is 9.65 Å². The zero-order valence-corrected chi connectivity index (χ0v) is 14.5. The predicted octanol–water partition coefficient (Wildman–Crippen LogP) is 1.71. The fourth-order valence-electron chi connectivity index (χ4n) is 0.897. The van der Waals surface area contributed by atoms with E-state index in [1.807, 2.05) is 57.3 Å². The van der Waals surface area contributed by atoms with E-state index in [1.165, 1.54) is 0 Å². The highest BCUT2D eigenvalue weighted by atomic mass is 127. The van der Waals surface area contributed by atoms with Gasteiger partial charge in [-0.1, -0.05) is 0 Å². The van der Waals surface area contributed by atoms with Gasteiger partial charge < -0.3 is 14.6 Å². The third kappa shape index (κ3) is 5.07. The summed E-state index contributed by atoms with van der Waals surface area (Å²) in [5, 5.41) is 10.1. The van der Waals surface area contributed by atoms with Crippen LogP contribution in [0.15, 0.2) is 24.3 Å². The van der Waals surface area contributed by atoms with E-state index in [-0.39, 0.29) is 0 Å². The molecule has 0 radical (unpaired) electrons. The Kier molecular flexibility index (Phi) is 6.12. The molecule has 7 heteroatoms. The van der Waals surface area contributed by atoms with Crippen molar-refractivity contribution in [1.29, 1.82) is 0 Å². The Morgan fingerprint density at radius 3 is 2.12 bits per heavy atom. The number of carboxylic acids is 1. The molecule has 0 bridgehead atoms. The second kappa shape index (κ2) is 6.87. The van der Waals surface area contributed by atoms with Gasteiger partial charge in [-0.3, -0.25) is 0 Å². The number of carbonyl (C=O) groups excluding carboxylic acids is 2. The second-order valence-electron chi connectivity index (χ2n) is 2.77. The van der Waals surface area contributed by atoms with Crippen molar-refractivity contribution in [2.24, 2.45) is 0 Å². The minimum atomic E-state index is -1.44. The Bertz CT molecular complexity index is 473. The van der Waals surface area contributed by atoms with Crippen molar-refractivity contribution in [2.75, 3.05) is 0 Å². The summed E-state index contributed by atoms with van der Waals surface area (Å²) >= 11 is 6.25. The molecule has 0 heterocycles. The first-order valence-electron chi connectivity index (χ1n) is 4.15. The van der Waals surface area contributed by atoms with Gasteiger partial charge in [0.2, 0.25) is 0 Å². The van der Waals surface area contributed by atoms with Gasteiger partial charge >= 0.3 is 5.97 Å². The Morgan fingerprint density at radius 1 is 1.12 bits per heavy atom. The topological polar surface area (TPSA) is 66.4 Å². The molecule has 4 nitrogen and oxygen atoms in total. The van der Waals surface area contributed by atoms with Crippen LogP contribution in [0.2, 0.25) is 0 Å². The third-order valence-electron chi connectivity index (χ3n) is 1.52. The van der Waals surface area contributed by atoms with Crippen molar-refractivity contribution in [3.8, 4) is 5.75 Å². The molecule has 0 spiro atoms. The second-order valence-corrected chi connectivity index (χ2v) is 6.34. The van der Waals surface area contributed by atoms with Crippen LogP contribution in [-0.2, 0) is 9.59 Å². The maximum atomic E-state index is 11.3. The number of hydrogen-bond acceptors (Lipinski definition) is 4. The summed E-state index contributed by atoms with van der Waals surface area (Å²) in [4.78, 5) is 21.4. The average Bonchev–Trinajstić information content (AvgIpc) is 2.20. The summed E-state index contributed by atoms with van der Waals surface area (Å²) in [6, 6.07) is 3.71. The molecule has 0 unspecified atom stereocenters. The number of halogens is 3. The van der Waals surface area contributed by atoms with Crippen molar-refractivity contribution in [3.63, 3.8) is 0 Å². The Morgan fingerprint density at radius 2 is 1.65 bits per heavy atom. The van der Waals surface area contributed by atoms with Crippen LogP contribution < -0.4 is 9.84 Å². The summed E-state index contributed by atoms with van der Waals surface area (Å²) in [5.41, 5.74) is 0. The fourth-order valence-corrected chi connectivity index (χ4v) is 4.70. The number of carboxylic acid groups (broad SMARTS) is 1. The molecule has 1 aromatic rings. The minimum Gasteiger partial charge on any atom is -0.545 e. The van der Waals surface area contributed by atoms with Crippen LogP contribution in [-0.4, -0.2) is 11.9 Å². The summed E-state index contributed by atoms with van der Waals surface area (Å²) < 4.78 is 7.65. The first-order chi connectivity index (χ1) is 7.90. The molecule has 0 saturated carbocycles. The van der Waals surface area contributed by atoms with Gasteiger partial charge in [-0.2, -0.15) is 0 Å². The molecule has 0 aliphatic carbocycles. The highest BCUT2D eigenvalue weighted by molar-refractivity contribution is 14.1. The number of hydrogen-bond donors (Lipinski definition) is 0. The van der Waals surface area contributed by atoms with Gasteiger partial charge in [0.15, 0.2) is 5.75 Å². The SMILES string of the molecule is O=C([O-])/C=C\C(=O)Oc1c(I)cc(I)cc1I. The predicted molar refractivity (Wildman–Crippen MR) is 84.4 cm³/mol. The lowest BCUT2D eigenvalue weighted by Gasteiger charge is -2.07. The van der Waals surface area contributed by atoms with Crippen LogP contribution >= 0.6 is 67.8 Å². The van der Waals surface area contributed by atoms with Crippen LogP contribution in [0.25, 0.3) is 0 Å². The summed E-state index contributed by atoms with van der Waals surface area (Å²) in [5.74, 6) is -1.75. The molecule has 90 valence electrons. The fraction of sp³-hybridized carbons (Fsp3) is 0. The minimum absolute atomic E-state index is 0.430. The van der Waals surface area contributed by atoms with Crippen LogP contribution in [0.3, 0.4) is 0 Å². The standard InChI is InChI=1S/C10H5I3O4/c11-5-3-6(12)10(7(13)4-5)17-9(16)2-1-8(14)15/h1-4H,(H,14,15)/p-1/b2-1-. The monoisotopic (exact) mass is 569 g/mol. The van der Waals surface area contributed by atoms with E-state index in [2.05, 4.69) is 22.6 Å². The van der Waals surface area contributed by atoms with Crippen LogP contribution in [0.1, 0.15) is 0 Å². The zero-order valence-electron chi connectivity index (χ0n) is 8.08. The number of aliphatic carboxylic acids is 1. The molecule has 0 atom stereocenters. The molecule has 0 aliphatic heterocycles. The van der Waals surface area contributed by atoms with E-state index in [9.17, 15) is 14.7 Å². The van der Waals surface area contributed by atoms with Gasteiger partial charge in [-0.25, -0.2) is 4.79 Å². The quantitative estimate of drug-likeness (QED) is 0.241. The number of rotatable bonds is 3. The van der Waals surface area contributed by atoms with E-state index in [0.29, 0.717) is 11.8 Å². The maximum Gasteiger partial charge on any atom is 0.336 e. The van der Waals surface area contributed by atoms with E-state index >= 15 is 0 Å². The summed E-state index contributed by atoms with van der Waals surface area (Å²) in [6.07, 6.45) is 1.45. The molecular formula is C10H4I3O4-. The molecule has 0 N–H and O–H groups in total. The summed E-state index contributed by atoms with van der Waals surface area (Å²) in [7, 11) is 0. The Hall–Kier alpha value is 0.0900. The highest BCUT2D eigenvalue weighted by Crippen LogP contribution is 2.29. The maximum absolute atomic E-state index is 11.3. The van der Waals surface area contributed by atoms with Gasteiger partial charge in [0.1, 0.15) is 0 Å². The average molecular weight is 569 g/mol. The zero-order chi connectivity index (χ0) is 13.0. The van der Waals surface area contributed by atoms with Crippen molar-refractivity contribution in [1.82, 2.24) is 0 Å². The molecule has 1 rings (SSSR count). The highest BCUT2D eigenvalue weighted by Gasteiger charge is 2.10. The number of benzene rings is 1. The largest absolute Gasteiger partial charge is 0.545 e. The van der Waals surface area contributed by atoms with Crippen LogP contribution in [0.5, 0.6) is 5.75 Å². The van der Waals surface area contributed by atoms with Gasteiger partial charge in [0.25, 0.3) is 0 Å². The Labute approximate surface area is 138 Å². The lowest BCUT2D eigenvalue weighted by atomic mass is 10.3. The van der Waals surface area contributed by atoms with E-state index in [4.69, 9.17) is 4.74 Å². The molecule has 17 heavy (non-hydrogen) atoms. The van der Waals surface area contributed by atoms with E-state index < -0.39 is 11.9 Å². The molecular weight excluding hydrogens is 565 g/mol. The number of ether oxygens (including phenoxy) is 1. The van der Waals surface area contributed by atoms with Gasteiger partial charge in [-0.15, -0.1) is 0 Å².